The Morgan fingerprint density at radius 1 is 1.41 bits per heavy atom. The summed E-state index contributed by atoms with van der Waals surface area (Å²) < 4.78 is 23.8. The van der Waals surface area contributed by atoms with E-state index in [9.17, 15) is 14.8 Å². The molecule has 1 aromatic rings. The number of aromatic nitrogens is 1. The molecule has 0 radical (unpaired) electrons. The first kappa shape index (κ1) is 8.33. The summed E-state index contributed by atoms with van der Waals surface area (Å²) in [5.41, 5.74) is -2.28. The van der Waals surface area contributed by atoms with E-state index in [2.05, 4.69) is 0 Å². The second-order valence-corrected chi connectivity index (χ2v) is 4.06. The van der Waals surface area contributed by atoms with Crippen LogP contribution in [0.4, 0.5) is 0 Å². The molecule has 1 heterocycles. The quantitative estimate of drug-likeness (QED) is 0.773. The van der Waals surface area contributed by atoms with Crippen molar-refractivity contribution in [3.63, 3.8) is 0 Å². The van der Waals surface area contributed by atoms with E-state index in [0.29, 0.717) is 25.7 Å². The summed E-state index contributed by atoms with van der Waals surface area (Å²) in [6.45, 7) is 0. The van der Waals surface area contributed by atoms with Gasteiger partial charge in [-0.2, -0.15) is 4.73 Å². The molecule has 1 aliphatic rings. The number of aromatic carboxylic acids is 1. The van der Waals surface area contributed by atoms with E-state index in [4.69, 9.17) is 9.22 Å². The van der Waals surface area contributed by atoms with Crippen molar-refractivity contribution < 1.29 is 19.2 Å². The molecule has 0 bridgehead atoms. The predicted molar refractivity (Wildman–Crippen MR) is 60.7 cm³/mol. The number of carbonyl (C=O) groups is 1. The van der Waals surface area contributed by atoms with Crippen molar-refractivity contribution in [3.8, 4) is 0 Å². The van der Waals surface area contributed by atoms with Crippen molar-refractivity contribution in [1.29, 1.82) is 0 Å². The van der Waals surface area contributed by atoms with E-state index in [-0.39, 0.29) is 10.4 Å². The lowest BCUT2D eigenvalue weighted by Gasteiger charge is -2.22. The van der Waals surface area contributed by atoms with Crippen LogP contribution in [0.1, 0.15) is 58.2 Å². The minimum absolute atomic E-state index is 0.107. The van der Waals surface area contributed by atoms with E-state index in [1.165, 1.54) is 0 Å². The summed E-state index contributed by atoms with van der Waals surface area (Å²) in [5.74, 6) is -2.93. The van der Waals surface area contributed by atoms with Crippen molar-refractivity contribution in [2.45, 2.75) is 38.0 Å². The lowest BCUT2D eigenvalue weighted by atomic mass is 9.86. The average molecular weight is 240 g/mol. The van der Waals surface area contributed by atoms with Gasteiger partial charge in [-0.1, -0.05) is 19.3 Å². The molecule has 0 atom stereocenters. The van der Waals surface area contributed by atoms with Crippen LogP contribution >= 0.6 is 0 Å². The Morgan fingerprint density at radius 2 is 2.06 bits per heavy atom. The van der Waals surface area contributed by atoms with Crippen LogP contribution in [0, 0.1) is 0 Å². The molecule has 1 aliphatic carbocycles. The van der Waals surface area contributed by atoms with Crippen LogP contribution in [0.3, 0.4) is 0 Å². The summed E-state index contributed by atoms with van der Waals surface area (Å²) in [4.78, 5) is 22.9. The third kappa shape index (κ3) is 2.33. The standard InChI is InChI=1S/C12H15NO4/c14-11-7-9(12(15)16)6-10(13(11)17)8-4-2-1-3-5-8/h6-8,17H,1-5H2,(H,15,16)/i6D,7D,8D. The Hall–Kier alpha value is -1.78. The van der Waals surface area contributed by atoms with Crippen molar-refractivity contribution >= 4 is 5.97 Å². The molecule has 5 nitrogen and oxygen atoms in total. The van der Waals surface area contributed by atoms with Crippen molar-refractivity contribution in [2.75, 3.05) is 0 Å². The third-order valence-corrected chi connectivity index (χ3v) is 2.89. The molecule has 0 spiro atoms. The fraction of sp³-hybridized carbons (Fsp3) is 0.500. The maximum Gasteiger partial charge on any atom is 0.335 e. The molecular weight excluding hydrogens is 222 g/mol. The Morgan fingerprint density at radius 3 is 2.65 bits per heavy atom. The second kappa shape index (κ2) is 4.61. The Labute approximate surface area is 102 Å². The van der Waals surface area contributed by atoms with E-state index >= 15 is 0 Å². The molecule has 2 N–H and O–H groups in total. The number of rotatable bonds is 2. The minimum Gasteiger partial charge on any atom is -0.478 e. The molecule has 0 aliphatic heterocycles. The smallest absolute Gasteiger partial charge is 0.335 e. The van der Waals surface area contributed by atoms with E-state index < -0.39 is 35.1 Å². The van der Waals surface area contributed by atoms with Gasteiger partial charge in [0.15, 0.2) is 0 Å². The SMILES string of the molecule is [2H]c1c(C(=O)O)c([2H])c(=O)n(O)c1C1([2H])CCCCC1. The van der Waals surface area contributed by atoms with Gasteiger partial charge in [0.1, 0.15) is 0 Å². The number of hydrogen-bond donors (Lipinski definition) is 2. The van der Waals surface area contributed by atoms with Crippen LogP contribution in [0.2, 0.25) is 0 Å². The average Bonchev–Trinajstić information content (AvgIpc) is 2.36. The van der Waals surface area contributed by atoms with Gasteiger partial charge in [0.2, 0.25) is 0 Å². The molecule has 5 heteroatoms. The lowest BCUT2D eigenvalue weighted by Crippen LogP contribution is -2.25. The highest BCUT2D eigenvalue weighted by atomic mass is 16.5. The maximum atomic E-state index is 11.7. The molecule has 92 valence electrons. The zero-order chi connectivity index (χ0) is 15.1. The normalized spacial score (nSPS) is 21.3. The maximum absolute atomic E-state index is 11.7. The van der Waals surface area contributed by atoms with Crippen LogP contribution in [0.5, 0.6) is 0 Å². The second-order valence-electron chi connectivity index (χ2n) is 4.06. The van der Waals surface area contributed by atoms with Gasteiger partial charge in [-0.3, -0.25) is 4.79 Å². The third-order valence-electron chi connectivity index (χ3n) is 2.89. The van der Waals surface area contributed by atoms with Crippen LogP contribution in [-0.4, -0.2) is 21.0 Å². The molecule has 2 rings (SSSR count). The van der Waals surface area contributed by atoms with Gasteiger partial charge in [-0.05, 0) is 18.9 Å². The summed E-state index contributed by atoms with van der Waals surface area (Å²) in [6, 6.07) is -1.56. The van der Waals surface area contributed by atoms with Gasteiger partial charge in [-0.25, -0.2) is 4.79 Å². The van der Waals surface area contributed by atoms with Crippen LogP contribution in [-0.2, 0) is 0 Å². The van der Waals surface area contributed by atoms with Gasteiger partial charge in [0.25, 0.3) is 5.56 Å². The zero-order valence-electron chi connectivity index (χ0n) is 12.2. The van der Waals surface area contributed by atoms with E-state index in [1.54, 1.807) is 0 Å². The molecule has 1 saturated carbocycles. The van der Waals surface area contributed by atoms with Crippen LogP contribution < -0.4 is 5.56 Å². The van der Waals surface area contributed by atoms with Crippen molar-refractivity contribution in [3.05, 3.63) is 33.7 Å². The van der Waals surface area contributed by atoms with Crippen molar-refractivity contribution in [2.24, 2.45) is 0 Å². The zero-order valence-corrected chi connectivity index (χ0v) is 9.19. The monoisotopic (exact) mass is 240 g/mol. The number of carboxylic acids is 1. The molecule has 0 amide bonds. The number of carboxylic acid groups (broad SMARTS) is 1. The van der Waals surface area contributed by atoms with Crippen LogP contribution in [0.25, 0.3) is 0 Å². The highest BCUT2D eigenvalue weighted by Crippen LogP contribution is 2.31. The summed E-state index contributed by atoms with van der Waals surface area (Å²) in [5, 5.41) is 18.9. The molecule has 1 aromatic heterocycles. The first-order valence-corrected chi connectivity index (χ1v) is 5.49. The van der Waals surface area contributed by atoms with Crippen LogP contribution in [0.15, 0.2) is 16.9 Å². The van der Waals surface area contributed by atoms with Gasteiger partial charge in [0, 0.05) is 13.3 Å². The largest absolute Gasteiger partial charge is 0.478 e. The fourth-order valence-corrected chi connectivity index (χ4v) is 2.02. The first-order chi connectivity index (χ1) is 9.29. The summed E-state index contributed by atoms with van der Waals surface area (Å²) >= 11 is 0. The molecule has 17 heavy (non-hydrogen) atoms. The molecule has 0 saturated heterocycles. The number of hydrogen-bond acceptors (Lipinski definition) is 3. The van der Waals surface area contributed by atoms with Gasteiger partial charge < -0.3 is 10.3 Å². The first-order valence-electron chi connectivity index (χ1n) is 6.99. The lowest BCUT2D eigenvalue weighted by molar-refractivity contribution is 0.0695. The summed E-state index contributed by atoms with van der Waals surface area (Å²) in [7, 11) is 0. The topological polar surface area (TPSA) is 79.5 Å². The van der Waals surface area contributed by atoms with Crippen molar-refractivity contribution in [1.82, 2.24) is 4.73 Å². The van der Waals surface area contributed by atoms with Gasteiger partial charge in [0.05, 0.1) is 14.0 Å². The van der Waals surface area contributed by atoms with Gasteiger partial charge in [-0.15, -0.1) is 0 Å². The molecule has 0 unspecified atom stereocenters. The molecule has 1 fully saturated rings. The number of pyridine rings is 1. The Balaban J connectivity index is 2.76. The highest BCUT2D eigenvalue weighted by molar-refractivity contribution is 5.87. The van der Waals surface area contributed by atoms with E-state index in [0.717, 1.165) is 6.42 Å². The summed E-state index contributed by atoms with van der Waals surface area (Å²) in [6.07, 6.45) is 3.03. The Kier molecular flexibility index (Phi) is 2.26. The highest BCUT2D eigenvalue weighted by Gasteiger charge is 2.21. The molecule has 0 aromatic carbocycles. The predicted octanol–water partition coefficient (Wildman–Crippen LogP) is 1.83. The van der Waals surface area contributed by atoms with Gasteiger partial charge >= 0.3 is 5.97 Å². The minimum atomic E-state index is -1.57. The molecular formula is C12H15NO4. The Bertz CT molecular complexity index is 620. The number of nitrogens with zero attached hydrogens (tertiary/aromatic N) is 1. The fourth-order valence-electron chi connectivity index (χ4n) is 2.02. The van der Waals surface area contributed by atoms with E-state index in [1.807, 2.05) is 0 Å².